The highest BCUT2D eigenvalue weighted by molar-refractivity contribution is 6.32. The molecule has 3 amide bonds. The summed E-state index contributed by atoms with van der Waals surface area (Å²) in [5.41, 5.74) is 1.10. The van der Waals surface area contributed by atoms with Gasteiger partial charge in [-0.2, -0.15) is 0 Å². The summed E-state index contributed by atoms with van der Waals surface area (Å²) in [6.07, 6.45) is 1.36. The minimum Gasteiger partial charge on any atom is -0.486 e. The number of amides is 3. The third-order valence-electron chi connectivity index (χ3n) is 6.44. The van der Waals surface area contributed by atoms with Gasteiger partial charge in [-0.3, -0.25) is 19.3 Å². The Hall–Kier alpha value is -3.26. The van der Waals surface area contributed by atoms with Crippen molar-refractivity contribution in [1.29, 1.82) is 0 Å². The number of carbonyl (C=O) groups excluding carboxylic acids is 3. The summed E-state index contributed by atoms with van der Waals surface area (Å²) in [4.78, 5) is 41.8. The van der Waals surface area contributed by atoms with Gasteiger partial charge in [0.25, 0.3) is 5.91 Å². The van der Waals surface area contributed by atoms with Crippen molar-refractivity contribution in [3.8, 4) is 11.5 Å². The van der Waals surface area contributed by atoms with E-state index in [1.807, 2.05) is 19.1 Å². The van der Waals surface area contributed by atoms with Crippen LogP contribution in [-0.4, -0.2) is 54.6 Å². The van der Waals surface area contributed by atoms with Gasteiger partial charge in [-0.25, -0.2) is 0 Å². The number of halogens is 1. The first-order valence-corrected chi connectivity index (χ1v) is 11.3. The quantitative estimate of drug-likeness (QED) is 0.727. The maximum absolute atomic E-state index is 13.2. The molecule has 3 heterocycles. The van der Waals surface area contributed by atoms with Crippen molar-refractivity contribution < 1.29 is 23.9 Å². The molecule has 1 saturated heterocycles. The van der Waals surface area contributed by atoms with Gasteiger partial charge in [-0.15, -0.1) is 0 Å². The molecule has 0 radical (unpaired) electrons. The molecule has 3 aliphatic rings. The number of hydrogen-bond donors (Lipinski definition) is 1. The number of nitrogens with one attached hydrogen (secondary N) is 1. The number of ether oxygens (including phenoxy) is 2. The lowest BCUT2D eigenvalue weighted by atomic mass is 9.98. The molecule has 0 bridgehead atoms. The van der Waals surface area contributed by atoms with Crippen LogP contribution in [0.2, 0.25) is 5.02 Å². The largest absolute Gasteiger partial charge is 0.486 e. The van der Waals surface area contributed by atoms with Crippen LogP contribution in [0.5, 0.6) is 11.5 Å². The predicted molar refractivity (Wildman–Crippen MR) is 122 cm³/mol. The number of para-hydroxylation sites is 1. The number of benzene rings is 2. The molecular formula is C24H24ClN3O5. The van der Waals surface area contributed by atoms with Crippen molar-refractivity contribution in [1.82, 2.24) is 10.2 Å². The number of hydrogen-bond acceptors (Lipinski definition) is 5. The van der Waals surface area contributed by atoms with Crippen LogP contribution in [0.25, 0.3) is 0 Å². The fourth-order valence-electron chi connectivity index (χ4n) is 4.80. The highest BCUT2D eigenvalue weighted by Crippen LogP contribution is 2.44. The zero-order valence-electron chi connectivity index (χ0n) is 18.2. The van der Waals surface area contributed by atoms with E-state index in [9.17, 15) is 14.4 Å². The Morgan fingerprint density at radius 1 is 1.18 bits per heavy atom. The molecule has 1 unspecified atom stereocenters. The molecule has 33 heavy (non-hydrogen) atoms. The lowest BCUT2D eigenvalue weighted by Crippen LogP contribution is -2.63. The summed E-state index contributed by atoms with van der Waals surface area (Å²) in [6, 6.07) is 10.7. The first-order valence-electron chi connectivity index (χ1n) is 11.0. The van der Waals surface area contributed by atoms with Gasteiger partial charge in [0.15, 0.2) is 11.5 Å². The van der Waals surface area contributed by atoms with Crippen LogP contribution in [-0.2, 0) is 16.0 Å². The van der Waals surface area contributed by atoms with Crippen LogP contribution in [0.3, 0.4) is 0 Å². The van der Waals surface area contributed by atoms with E-state index in [1.54, 1.807) is 29.2 Å². The molecule has 1 fully saturated rings. The summed E-state index contributed by atoms with van der Waals surface area (Å²) in [5, 5.41) is 3.36. The molecule has 2 aromatic carbocycles. The zero-order valence-corrected chi connectivity index (χ0v) is 19.0. The Balaban J connectivity index is 1.27. The third-order valence-corrected chi connectivity index (χ3v) is 6.72. The number of anilines is 1. The van der Waals surface area contributed by atoms with Gasteiger partial charge in [-0.05, 0) is 49.6 Å². The van der Waals surface area contributed by atoms with Gasteiger partial charge in [0.1, 0.15) is 25.4 Å². The first kappa shape index (κ1) is 21.6. The first-order chi connectivity index (χ1) is 15.9. The highest BCUT2D eigenvalue weighted by Gasteiger charge is 2.53. The van der Waals surface area contributed by atoms with E-state index in [1.165, 1.54) is 4.90 Å². The Morgan fingerprint density at radius 2 is 1.97 bits per heavy atom. The highest BCUT2D eigenvalue weighted by atomic mass is 35.5. The molecule has 3 aliphatic heterocycles. The standard InChI is InChI=1S/C24H24ClN3O5/c1-24-8-6-21(30)28(24)18-5-3-2-4-16(18)23(31)27(24)14-20(29)26-9-7-15-12-17(25)22-19(13-15)32-10-11-33-22/h2-5,12-13H,6-11,14H2,1H3,(H,26,29). The second-order valence-corrected chi connectivity index (χ2v) is 8.96. The topological polar surface area (TPSA) is 88.2 Å². The van der Waals surface area contributed by atoms with Crippen LogP contribution in [0.15, 0.2) is 36.4 Å². The summed E-state index contributed by atoms with van der Waals surface area (Å²) in [6.45, 7) is 3.01. The maximum Gasteiger partial charge on any atom is 0.258 e. The molecule has 0 spiro atoms. The zero-order chi connectivity index (χ0) is 23.2. The molecule has 0 aromatic heterocycles. The van der Waals surface area contributed by atoms with Crippen molar-refractivity contribution in [2.24, 2.45) is 0 Å². The fraction of sp³-hybridized carbons (Fsp3) is 0.375. The average Bonchev–Trinajstić information content (AvgIpc) is 3.12. The van der Waals surface area contributed by atoms with Gasteiger partial charge in [0, 0.05) is 13.0 Å². The van der Waals surface area contributed by atoms with Crippen LogP contribution < -0.4 is 19.7 Å². The molecule has 9 heteroatoms. The summed E-state index contributed by atoms with van der Waals surface area (Å²) in [7, 11) is 0. The van der Waals surface area contributed by atoms with Gasteiger partial charge >= 0.3 is 0 Å². The summed E-state index contributed by atoms with van der Waals surface area (Å²) in [5.74, 6) is 0.577. The third kappa shape index (κ3) is 3.68. The Labute approximate surface area is 196 Å². The number of nitrogens with zero attached hydrogens (tertiary/aromatic N) is 2. The molecule has 0 saturated carbocycles. The van der Waals surface area contributed by atoms with Gasteiger partial charge in [-0.1, -0.05) is 23.7 Å². The molecule has 2 aromatic rings. The molecular weight excluding hydrogens is 446 g/mol. The van der Waals surface area contributed by atoms with Crippen LogP contribution in [0.4, 0.5) is 5.69 Å². The summed E-state index contributed by atoms with van der Waals surface area (Å²) < 4.78 is 11.1. The van der Waals surface area contributed by atoms with E-state index >= 15 is 0 Å². The monoisotopic (exact) mass is 469 g/mol. The second-order valence-electron chi connectivity index (χ2n) is 8.56. The molecule has 0 aliphatic carbocycles. The second kappa shape index (κ2) is 8.26. The molecule has 5 rings (SSSR count). The number of rotatable bonds is 5. The average molecular weight is 470 g/mol. The lowest BCUT2D eigenvalue weighted by molar-refractivity contribution is -0.123. The molecule has 172 valence electrons. The Kier molecular flexibility index (Phi) is 5.40. The Bertz CT molecular complexity index is 1150. The van der Waals surface area contributed by atoms with Crippen molar-refractivity contribution in [2.45, 2.75) is 31.8 Å². The van der Waals surface area contributed by atoms with E-state index in [2.05, 4.69) is 5.32 Å². The molecule has 1 atom stereocenters. The van der Waals surface area contributed by atoms with Crippen LogP contribution in [0, 0.1) is 0 Å². The Morgan fingerprint density at radius 3 is 2.82 bits per heavy atom. The van der Waals surface area contributed by atoms with Gasteiger partial charge < -0.3 is 19.7 Å². The normalized spacial score (nSPS) is 21.0. The SMILES string of the molecule is CC12CCC(=O)N1c1ccccc1C(=O)N2CC(=O)NCCc1cc(Cl)c2c(c1)OCCO2. The minimum absolute atomic E-state index is 0.0432. The van der Waals surface area contributed by atoms with Crippen LogP contribution in [0.1, 0.15) is 35.7 Å². The van der Waals surface area contributed by atoms with Crippen LogP contribution >= 0.6 is 11.6 Å². The smallest absolute Gasteiger partial charge is 0.258 e. The van der Waals surface area contributed by atoms with Crippen molar-refractivity contribution in [2.75, 3.05) is 31.2 Å². The number of fused-ring (bicyclic) bond motifs is 4. The molecule has 8 nitrogen and oxygen atoms in total. The lowest BCUT2D eigenvalue weighted by Gasteiger charge is -2.48. The van der Waals surface area contributed by atoms with Crippen molar-refractivity contribution >= 4 is 35.0 Å². The van der Waals surface area contributed by atoms with Gasteiger partial charge in [0.2, 0.25) is 11.8 Å². The van der Waals surface area contributed by atoms with Crippen molar-refractivity contribution in [3.05, 3.63) is 52.5 Å². The van der Waals surface area contributed by atoms with E-state index in [-0.39, 0.29) is 24.3 Å². The predicted octanol–water partition coefficient (Wildman–Crippen LogP) is 2.77. The van der Waals surface area contributed by atoms with E-state index < -0.39 is 5.66 Å². The minimum atomic E-state index is -0.858. The van der Waals surface area contributed by atoms with Gasteiger partial charge in [0.05, 0.1) is 16.3 Å². The molecule has 1 N–H and O–H groups in total. The summed E-state index contributed by atoms with van der Waals surface area (Å²) >= 11 is 6.29. The van der Waals surface area contributed by atoms with E-state index in [0.29, 0.717) is 66.8 Å². The fourth-order valence-corrected chi connectivity index (χ4v) is 5.08. The van der Waals surface area contributed by atoms with Crippen molar-refractivity contribution in [3.63, 3.8) is 0 Å². The maximum atomic E-state index is 13.2. The van der Waals surface area contributed by atoms with E-state index in [0.717, 1.165) is 5.56 Å². The van der Waals surface area contributed by atoms with E-state index in [4.69, 9.17) is 21.1 Å². The number of carbonyl (C=O) groups is 3.